The SMILES string of the molecule is O=C[C@H](Cc1ccccc1)NC(=O)CCCCCNC(=O)CN(CC(=O)N[C@@H](CCC(=O)NCCO[C@H]1O[C@H](CO)[C@@H](O)[C@H](O)[C@@H]1O)C(=O)NCCO)CC(=O)N[C@@H](CCC(=O)NCCO[C@H]1O[C@H](CO)[C@@H](O)[C@H](O)[C@@H]1O)C(=O)NCCO. The van der Waals surface area contributed by atoms with E-state index in [1.54, 1.807) is 0 Å². The van der Waals surface area contributed by atoms with Gasteiger partial charge in [0.2, 0.25) is 47.3 Å². The Balaban J connectivity index is 1.64. The van der Waals surface area contributed by atoms with Gasteiger partial charge in [0.05, 0.1) is 65.3 Å². The fourth-order valence-corrected chi connectivity index (χ4v) is 8.42. The van der Waals surface area contributed by atoms with Gasteiger partial charge in [-0.15, -0.1) is 0 Å². The fourth-order valence-electron chi connectivity index (χ4n) is 8.42. The summed E-state index contributed by atoms with van der Waals surface area (Å²) in [5, 5.41) is 118. The molecule has 0 saturated carbocycles. The molecule has 0 spiro atoms. The minimum atomic E-state index is -1.70. The number of ether oxygens (including phenoxy) is 4. The smallest absolute Gasteiger partial charge is 0.242 e. The van der Waals surface area contributed by atoms with Crippen LogP contribution in [0.3, 0.4) is 0 Å². The Morgan fingerprint density at radius 3 is 1.41 bits per heavy atom. The third-order valence-electron chi connectivity index (χ3n) is 12.9. The fraction of sp³-hybridized carbons (Fsp3) is 0.706. The highest BCUT2D eigenvalue weighted by Crippen LogP contribution is 2.23. The van der Waals surface area contributed by atoms with Gasteiger partial charge in [0.15, 0.2) is 12.6 Å². The lowest BCUT2D eigenvalue weighted by atomic mass is 9.99. The van der Waals surface area contributed by atoms with Gasteiger partial charge in [-0.2, -0.15) is 0 Å². The third-order valence-corrected chi connectivity index (χ3v) is 12.9. The highest BCUT2D eigenvalue weighted by atomic mass is 16.7. The Bertz CT molecular complexity index is 2050. The number of hydrogen-bond donors (Lipinski definition) is 18. The van der Waals surface area contributed by atoms with Crippen LogP contribution in [0.25, 0.3) is 0 Å². The van der Waals surface area contributed by atoms with Crippen LogP contribution in [0.1, 0.15) is 56.9 Å². The molecule has 2 aliphatic rings. The van der Waals surface area contributed by atoms with Gasteiger partial charge in [0.1, 0.15) is 67.2 Å². The summed E-state index contributed by atoms with van der Waals surface area (Å²) < 4.78 is 21.3. The van der Waals surface area contributed by atoms with Crippen LogP contribution in [0.5, 0.6) is 0 Å². The maximum absolute atomic E-state index is 13.7. The van der Waals surface area contributed by atoms with Crippen LogP contribution in [0.15, 0.2) is 30.3 Å². The van der Waals surface area contributed by atoms with E-state index in [0.717, 1.165) is 10.5 Å². The molecule has 2 saturated heterocycles. The summed E-state index contributed by atoms with van der Waals surface area (Å²) in [6, 6.07) is 5.58. The van der Waals surface area contributed by atoms with Crippen molar-refractivity contribution in [2.45, 2.75) is 137 Å². The standard InChI is InChI=1S/C51H83N9O23/c61-19-15-55-48(78)32(10-12-36(66)53-17-21-80-50-46(76)44(74)42(72)34(28-64)82-50)58-40(70)25-60(24-39(69)52-14-6-2-5-9-38(68)57-31(27-63)23-30-7-3-1-4-8-30)26-41(71)59-33(49(79)56-16-20-62)11-13-37(67)54-18-22-81-51-47(77)45(75)43(73)35(29-65)83-51/h1,3-4,7-8,27,31-35,42-47,50-51,61-62,64-65,72-77H,2,5-6,9-26,28-29H2,(H,52,69)(H,53,66)(H,54,67)(H,55,78)(H,56,79)(H,57,68)(H,58,70)(H,59,71)/t31-,32-,33-,34+,35+,42+,43+,44-,45-,46-,47-,50-,51-/m0/s1. The van der Waals surface area contributed by atoms with Gasteiger partial charge in [0.25, 0.3) is 0 Å². The second kappa shape index (κ2) is 39.6. The first-order valence-corrected chi connectivity index (χ1v) is 27.3. The second-order valence-corrected chi connectivity index (χ2v) is 19.5. The summed E-state index contributed by atoms with van der Waals surface area (Å²) in [5.74, 6) is -5.78. The lowest BCUT2D eigenvalue weighted by molar-refractivity contribution is -0.300. The monoisotopic (exact) mass is 1190 g/mol. The molecule has 18 N–H and O–H groups in total. The van der Waals surface area contributed by atoms with Crippen LogP contribution >= 0.6 is 0 Å². The minimum Gasteiger partial charge on any atom is -0.395 e. The van der Waals surface area contributed by atoms with Gasteiger partial charge in [-0.05, 0) is 37.7 Å². The van der Waals surface area contributed by atoms with Crippen molar-refractivity contribution in [3.63, 3.8) is 0 Å². The van der Waals surface area contributed by atoms with Crippen molar-refractivity contribution < 1.29 is 113 Å². The highest BCUT2D eigenvalue weighted by Gasteiger charge is 2.45. The molecule has 83 heavy (non-hydrogen) atoms. The van der Waals surface area contributed by atoms with Crippen molar-refractivity contribution >= 4 is 53.5 Å². The number of amides is 8. The number of nitrogens with one attached hydrogen (secondary N) is 8. The van der Waals surface area contributed by atoms with Gasteiger partial charge in [-0.25, -0.2) is 0 Å². The molecule has 0 bridgehead atoms. The van der Waals surface area contributed by atoms with Crippen LogP contribution in [0.2, 0.25) is 0 Å². The molecule has 0 unspecified atom stereocenters. The number of aldehydes is 1. The normalized spacial score (nSPS) is 23.4. The lowest BCUT2D eigenvalue weighted by Gasteiger charge is -2.39. The number of nitrogens with zero attached hydrogens (tertiary/aromatic N) is 1. The summed E-state index contributed by atoms with van der Waals surface area (Å²) >= 11 is 0. The zero-order valence-electron chi connectivity index (χ0n) is 46.0. The molecule has 2 aliphatic heterocycles. The number of aliphatic hydroxyl groups excluding tert-OH is 10. The van der Waals surface area contributed by atoms with Gasteiger partial charge in [-0.1, -0.05) is 36.8 Å². The van der Waals surface area contributed by atoms with E-state index in [1.165, 1.54) is 0 Å². The van der Waals surface area contributed by atoms with Crippen molar-refractivity contribution in [3.8, 4) is 0 Å². The Morgan fingerprint density at radius 2 is 0.964 bits per heavy atom. The molecule has 2 heterocycles. The van der Waals surface area contributed by atoms with E-state index < -0.39 is 167 Å². The minimum absolute atomic E-state index is 0.0990. The molecule has 8 amide bonds. The molecular formula is C51H83N9O23. The molecule has 32 heteroatoms. The Labute approximate surface area is 478 Å². The first-order chi connectivity index (χ1) is 39.7. The van der Waals surface area contributed by atoms with E-state index in [4.69, 9.17) is 18.9 Å². The predicted molar refractivity (Wildman–Crippen MR) is 284 cm³/mol. The number of benzene rings is 1. The number of unbranched alkanes of at least 4 members (excludes halogenated alkanes) is 2. The molecule has 1 aromatic rings. The largest absolute Gasteiger partial charge is 0.395 e. The van der Waals surface area contributed by atoms with Crippen LogP contribution in [-0.2, 0) is 68.5 Å². The van der Waals surface area contributed by atoms with Crippen LogP contribution < -0.4 is 42.5 Å². The van der Waals surface area contributed by atoms with E-state index in [0.29, 0.717) is 32.0 Å². The van der Waals surface area contributed by atoms with Crippen molar-refractivity contribution in [1.82, 2.24) is 47.4 Å². The molecule has 2 fully saturated rings. The first-order valence-electron chi connectivity index (χ1n) is 27.3. The predicted octanol–water partition coefficient (Wildman–Crippen LogP) is -9.50. The Kier molecular flexibility index (Phi) is 34.0. The summed E-state index contributed by atoms with van der Waals surface area (Å²) in [6.45, 7) is -5.73. The number of carbonyl (C=O) groups is 9. The number of rotatable bonds is 40. The van der Waals surface area contributed by atoms with Crippen LogP contribution in [0, 0.1) is 0 Å². The summed E-state index contributed by atoms with van der Waals surface area (Å²) in [5.41, 5.74) is 0.870. The van der Waals surface area contributed by atoms with E-state index in [-0.39, 0.29) is 83.9 Å². The van der Waals surface area contributed by atoms with Crippen molar-refractivity contribution in [3.05, 3.63) is 35.9 Å². The topological polar surface area (TPSA) is 492 Å². The average Bonchev–Trinajstić information content (AvgIpc) is 3.54. The molecule has 1 aromatic carbocycles. The van der Waals surface area contributed by atoms with Crippen molar-refractivity contribution in [2.75, 3.05) is 92.0 Å². The second-order valence-electron chi connectivity index (χ2n) is 19.5. The van der Waals surface area contributed by atoms with E-state index in [2.05, 4.69) is 42.5 Å². The zero-order valence-corrected chi connectivity index (χ0v) is 46.0. The highest BCUT2D eigenvalue weighted by molar-refractivity contribution is 5.91. The summed E-state index contributed by atoms with van der Waals surface area (Å²) in [7, 11) is 0. The van der Waals surface area contributed by atoms with E-state index >= 15 is 0 Å². The number of hydrogen-bond acceptors (Lipinski definition) is 24. The molecule has 32 nitrogen and oxygen atoms in total. The average molecular weight is 1190 g/mol. The quantitative estimate of drug-likeness (QED) is 0.0214. The van der Waals surface area contributed by atoms with Crippen LogP contribution in [-0.4, -0.2) is 281 Å². The van der Waals surface area contributed by atoms with E-state index in [1.807, 2.05) is 30.3 Å². The maximum atomic E-state index is 13.7. The van der Waals surface area contributed by atoms with Gasteiger partial charge >= 0.3 is 0 Å². The van der Waals surface area contributed by atoms with Crippen LogP contribution in [0.4, 0.5) is 0 Å². The van der Waals surface area contributed by atoms with Gasteiger partial charge in [-0.3, -0.25) is 43.3 Å². The first kappa shape index (κ1) is 71.3. The molecule has 13 atom stereocenters. The zero-order chi connectivity index (χ0) is 61.3. The van der Waals surface area contributed by atoms with Crippen molar-refractivity contribution in [2.24, 2.45) is 0 Å². The summed E-state index contributed by atoms with van der Waals surface area (Å²) in [6.07, 6.45) is -14.4. The molecular weight excluding hydrogens is 1110 g/mol. The lowest BCUT2D eigenvalue weighted by Crippen LogP contribution is -2.59. The van der Waals surface area contributed by atoms with Gasteiger partial charge < -0.3 is 117 Å². The van der Waals surface area contributed by atoms with E-state index in [9.17, 15) is 94.2 Å². The molecule has 0 aliphatic carbocycles. The Morgan fingerprint density at radius 1 is 0.506 bits per heavy atom. The summed E-state index contributed by atoms with van der Waals surface area (Å²) in [4.78, 5) is 118. The third kappa shape index (κ3) is 26.7. The number of carbonyl (C=O) groups excluding carboxylic acids is 9. The molecule has 0 radical (unpaired) electrons. The molecule has 0 aromatic heterocycles. The van der Waals surface area contributed by atoms with Gasteiger partial charge in [0, 0.05) is 52.0 Å². The number of aliphatic hydroxyl groups is 10. The molecule has 470 valence electrons. The van der Waals surface area contributed by atoms with Crippen molar-refractivity contribution in [1.29, 1.82) is 0 Å². The Hall–Kier alpha value is -5.95. The molecule has 3 rings (SSSR count). The maximum Gasteiger partial charge on any atom is 0.242 e.